The van der Waals surface area contributed by atoms with Gasteiger partial charge in [0, 0.05) is 18.4 Å². The molecule has 0 N–H and O–H groups in total. The Morgan fingerprint density at radius 1 is 1.03 bits per heavy atom. The fourth-order valence-corrected chi connectivity index (χ4v) is 3.47. The van der Waals surface area contributed by atoms with Gasteiger partial charge in [-0.2, -0.15) is 0 Å². The third-order valence-corrected chi connectivity index (χ3v) is 4.82. The largest absolute Gasteiger partial charge is 0.497 e. The molecule has 2 aromatic heterocycles. The summed E-state index contributed by atoms with van der Waals surface area (Å²) in [6.07, 6.45) is 1.91. The first-order valence-corrected chi connectivity index (χ1v) is 9.37. The summed E-state index contributed by atoms with van der Waals surface area (Å²) in [6, 6.07) is 17.7. The van der Waals surface area contributed by atoms with Crippen molar-refractivity contribution in [3.8, 4) is 11.4 Å². The number of halogens is 1. The molecule has 29 heavy (non-hydrogen) atoms. The van der Waals surface area contributed by atoms with Crippen LogP contribution in [0.4, 0.5) is 4.39 Å². The maximum atomic E-state index is 13.3. The Labute approximate surface area is 167 Å². The van der Waals surface area contributed by atoms with Gasteiger partial charge in [-0.25, -0.2) is 9.18 Å². The number of carbonyl (C=O) groups is 1. The summed E-state index contributed by atoms with van der Waals surface area (Å²) in [7, 11) is 1.62. The van der Waals surface area contributed by atoms with E-state index in [1.54, 1.807) is 26.2 Å². The van der Waals surface area contributed by atoms with E-state index in [-0.39, 0.29) is 11.8 Å². The quantitative estimate of drug-likeness (QED) is 0.443. The van der Waals surface area contributed by atoms with Gasteiger partial charge >= 0.3 is 5.97 Å². The summed E-state index contributed by atoms with van der Waals surface area (Å²) in [5, 5.41) is 0. The van der Waals surface area contributed by atoms with Gasteiger partial charge in [-0.3, -0.25) is 0 Å². The lowest BCUT2D eigenvalue weighted by Crippen LogP contribution is -2.12. The molecule has 4 rings (SSSR count). The molecule has 0 radical (unpaired) electrons. The number of methoxy groups -OCH3 is 1. The van der Waals surface area contributed by atoms with Crippen molar-refractivity contribution in [3.63, 3.8) is 0 Å². The number of benzene rings is 2. The molecular weight excluding hydrogens is 371 g/mol. The van der Waals surface area contributed by atoms with Crippen molar-refractivity contribution in [2.24, 2.45) is 0 Å². The van der Waals surface area contributed by atoms with E-state index >= 15 is 0 Å². The van der Waals surface area contributed by atoms with Crippen LogP contribution in [-0.4, -0.2) is 28.8 Å². The number of hydrogen-bond donors (Lipinski definition) is 0. The summed E-state index contributed by atoms with van der Waals surface area (Å²) < 4.78 is 27.8. The van der Waals surface area contributed by atoms with Crippen molar-refractivity contribution < 1.29 is 18.7 Å². The third-order valence-electron chi connectivity index (χ3n) is 4.82. The normalized spacial score (nSPS) is 11.0. The van der Waals surface area contributed by atoms with E-state index in [9.17, 15) is 9.18 Å². The zero-order valence-electron chi connectivity index (χ0n) is 16.3. The first kappa shape index (κ1) is 18.8. The minimum atomic E-state index is -0.378. The lowest BCUT2D eigenvalue weighted by molar-refractivity contribution is 0.0515. The van der Waals surface area contributed by atoms with Crippen LogP contribution in [0.2, 0.25) is 0 Å². The molecule has 0 aliphatic carbocycles. The van der Waals surface area contributed by atoms with E-state index in [4.69, 9.17) is 9.47 Å². The van der Waals surface area contributed by atoms with Gasteiger partial charge in [-0.15, -0.1) is 0 Å². The Kier molecular flexibility index (Phi) is 5.08. The van der Waals surface area contributed by atoms with Crippen LogP contribution in [0, 0.1) is 5.82 Å². The Morgan fingerprint density at radius 2 is 1.83 bits per heavy atom. The molecule has 2 heterocycles. The van der Waals surface area contributed by atoms with Crippen molar-refractivity contribution in [1.29, 1.82) is 0 Å². The second kappa shape index (κ2) is 7.83. The molecule has 148 valence electrons. The minimum absolute atomic E-state index is 0.292. The second-order valence-corrected chi connectivity index (χ2v) is 6.62. The maximum Gasteiger partial charge on any atom is 0.355 e. The van der Waals surface area contributed by atoms with Gasteiger partial charge < -0.3 is 18.6 Å². The number of rotatable bonds is 6. The Balaban J connectivity index is 1.83. The first-order valence-electron chi connectivity index (χ1n) is 9.37. The summed E-state index contributed by atoms with van der Waals surface area (Å²) in [6.45, 7) is 2.57. The summed E-state index contributed by atoms with van der Waals surface area (Å²) in [5.74, 6) is 0.0877. The van der Waals surface area contributed by atoms with Crippen molar-refractivity contribution in [2.75, 3.05) is 13.7 Å². The molecule has 0 aliphatic rings. The molecule has 0 amide bonds. The van der Waals surface area contributed by atoms with Gasteiger partial charge in [0.15, 0.2) is 0 Å². The molecule has 0 unspecified atom stereocenters. The van der Waals surface area contributed by atoms with Crippen LogP contribution in [0.15, 0.2) is 66.9 Å². The van der Waals surface area contributed by atoms with Crippen LogP contribution in [0.25, 0.3) is 16.7 Å². The van der Waals surface area contributed by atoms with Gasteiger partial charge in [0.05, 0.1) is 24.8 Å². The number of carbonyl (C=O) groups excluding carboxylic acids is 1. The van der Waals surface area contributed by atoms with Crippen molar-refractivity contribution in [1.82, 2.24) is 9.13 Å². The van der Waals surface area contributed by atoms with Crippen LogP contribution < -0.4 is 4.74 Å². The molecule has 2 aromatic carbocycles. The molecule has 4 aromatic rings. The molecule has 0 fully saturated rings. The van der Waals surface area contributed by atoms with Gasteiger partial charge in [0.2, 0.25) is 0 Å². The fourth-order valence-electron chi connectivity index (χ4n) is 3.47. The summed E-state index contributed by atoms with van der Waals surface area (Å²) in [5.41, 5.74) is 4.02. The molecule has 0 saturated carbocycles. The number of hydrogen-bond acceptors (Lipinski definition) is 3. The highest BCUT2D eigenvalue weighted by Crippen LogP contribution is 2.27. The molecule has 0 aliphatic heterocycles. The van der Waals surface area contributed by atoms with Crippen LogP contribution in [-0.2, 0) is 11.3 Å². The maximum absolute atomic E-state index is 13.3. The van der Waals surface area contributed by atoms with Crippen LogP contribution >= 0.6 is 0 Å². The molecule has 0 bridgehead atoms. The van der Waals surface area contributed by atoms with E-state index in [1.807, 2.05) is 51.7 Å². The minimum Gasteiger partial charge on any atom is -0.497 e. The molecular formula is C23H21FN2O3. The van der Waals surface area contributed by atoms with E-state index in [2.05, 4.69) is 0 Å². The van der Waals surface area contributed by atoms with E-state index in [0.29, 0.717) is 18.8 Å². The van der Waals surface area contributed by atoms with Crippen LogP contribution in [0.5, 0.6) is 5.75 Å². The molecule has 0 saturated heterocycles. The first-order chi connectivity index (χ1) is 14.1. The Bertz CT molecular complexity index is 1160. The average Bonchev–Trinajstić information content (AvgIpc) is 3.29. The molecule has 5 nitrogen and oxygen atoms in total. The lowest BCUT2D eigenvalue weighted by Gasteiger charge is -2.10. The van der Waals surface area contributed by atoms with Crippen molar-refractivity contribution >= 4 is 17.0 Å². The highest BCUT2D eigenvalue weighted by atomic mass is 19.1. The van der Waals surface area contributed by atoms with Gasteiger partial charge in [0.25, 0.3) is 0 Å². The lowest BCUT2D eigenvalue weighted by atomic mass is 10.2. The number of esters is 1. The van der Waals surface area contributed by atoms with Gasteiger partial charge in [-0.1, -0.05) is 12.1 Å². The topological polar surface area (TPSA) is 45.4 Å². The van der Waals surface area contributed by atoms with E-state index in [1.165, 1.54) is 12.1 Å². The SMILES string of the molecule is CCOC(=O)c1cc2c(ccn2-c2ccc(F)cc2)n1Cc1cccc(OC)c1. The highest BCUT2D eigenvalue weighted by molar-refractivity contribution is 5.95. The van der Waals surface area contributed by atoms with Crippen LogP contribution in [0.1, 0.15) is 23.0 Å². The predicted molar refractivity (Wildman–Crippen MR) is 109 cm³/mol. The van der Waals surface area contributed by atoms with Crippen molar-refractivity contribution in [2.45, 2.75) is 13.5 Å². The zero-order valence-corrected chi connectivity index (χ0v) is 16.3. The summed E-state index contributed by atoms with van der Waals surface area (Å²) >= 11 is 0. The Morgan fingerprint density at radius 3 is 2.55 bits per heavy atom. The number of fused-ring (bicyclic) bond motifs is 1. The van der Waals surface area contributed by atoms with E-state index < -0.39 is 0 Å². The number of nitrogens with zero attached hydrogens (tertiary/aromatic N) is 2. The summed E-state index contributed by atoms with van der Waals surface area (Å²) in [4.78, 5) is 12.6. The molecule has 6 heteroatoms. The van der Waals surface area contributed by atoms with Gasteiger partial charge in [-0.05, 0) is 61.0 Å². The van der Waals surface area contributed by atoms with E-state index in [0.717, 1.165) is 28.0 Å². The predicted octanol–water partition coefficient (Wildman–Crippen LogP) is 4.80. The third kappa shape index (κ3) is 3.61. The monoisotopic (exact) mass is 392 g/mol. The average molecular weight is 392 g/mol. The fraction of sp³-hybridized carbons (Fsp3) is 0.174. The number of ether oxygens (including phenoxy) is 2. The Hall–Kier alpha value is -3.54. The zero-order chi connectivity index (χ0) is 20.4. The van der Waals surface area contributed by atoms with Gasteiger partial charge in [0.1, 0.15) is 17.3 Å². The van der Waals surface area contributed by atoms with Crippen molar-refractivity contribution in [3.05, 3.63) is 83.9 Å². The second-order valence-electron chi connectivity index (χ2n) is 6.62. The molecule has 0 spiro atoms. The smallest absolute Gasteiger partial charge is 0.355 e. The van der Waals surface area contributed by atoms with Crippen LogP contribution in [0.3, 0.4) is 0 Å². The highest BCUT2D eigenvalue weighted by Gasteiger charge is 2.20. The standard InChI is InChI=1S/C23H21FN2O3/c1-3-29-23(27)22-14-21-20(11-12-25(21)18-9-7-17(24)8-10-18)26(22)15-16-5-4-6-19(13-16)28-2/h4-14H,3,15H2,1-2H3. The molecule has 0 atom stereocenters. The number of aromatic nitrogens is 2.